The highest BCUT2D eigenvalue weighted by Gasteiger charge is 2.37. The Morgan fingerprint density at radius 1 is 1.31 bits per heavy atom. The van der Waals surface area contributed by atoms with Crippen LogP contribution in [0.15, 0.2) is 23.1 Å². The van der Waals surface area contributed by atoms with Crippen LogP contribution in [0.1, 0.15) is 45.6 Å². The molecule has 0 radical (unpaired) electrons. The van der Waals surface area contributed by atoms with Crippen LogP contribution in [0.25, 0.3) is 0 Å². The Morgan fingerprint density at radius 2 is 2.00 bits per heavy atom. The topological polar surface area (TPSA) is 83.7 Å². The fourth-order valence-corrected chi connectivity index (χ4v) is 5.96. The molecule has 0 saturated carbocycles. The lowest BCUT2D eigenvalue weighted by Gasteiger charge is -2.37. The van der Waals surface area contributed by atoms with E-state index < -0.39 is 10.0 Å². The molecule has 8 heteroatoms. The summed E-state index contributed by atoms with van der Waals surface area (Å²) in [5, 5.41) is 0. The maximum atomic E-state index is 13.2. The minimum absolute atomic E-state index is 0. The van der Waals surface area contributed by atoms with Crippen LogP contribution in [0.2, 0.25) is 0 Å². The van der Waals surface area contributed by atoms with E-state index in [0.717, 1.165) is 30.5 Å². The van der Waals surface area contributed by atoms with Crippen LogP contribution in [0.3, 0.4) is 0 Å². The Hall–Kier alpha value is -1.15. The first-order valence-electron chi connectivity index (χ1n) is 8.93. The van der Waals surface area contributed by atoms with Gasteiger partial charge in [0.2, 0.25) is 15.9 Å². The maximum Gasteiger partial charge on any atom is 0.243 e. The van der Waals surface area contributed by atoms with Gasteiger partial charge in [0.1, 0.15) is 0 Å². The third-order valence-corrected chi connectivity index (χ3v) is 7.24. The summed E-state index contributed by atoms with van der Waals surface area (Å²) in [5.74, 6) is -0.0186. The second kappa shape index (κ2) is 7.84. The maximum absolute atomic E-state index is 13.2. The highest BCUT2D eigenvalue weighted by atomic mass is 35.5. The molecule has 2 aliphatic heterocycles. The van der Waals surface area contributed by atoms with Crippen molar-refractivity contribution in [3.05, 3.63) is 23.8 Å². The summed E-state index contributed by atoms with van der Waals surface area (Å²) in [6.07, 6.45) is 3.35. The SMILES string of the molecule is CC(=O)N1c2ccc(S(=O)(=O)N3CCCCC3C(C)N)cc2CC1C.Cl. The van der Waals surface area contributed by atoms with Gasteiger partial charge in [-0.2, -0.15) is 4.31 Å². The molecule has 1 aromatic rings. The lowest BCUT2D eigenvalue weighted by Crippen LogP contribution is -2.51. The summed E-state index contributed by atoms with van der Waals surface area (Å²) in [4.78, 5) is 13.9. The number of fused-ring (bicyclic) bond motifs is 1. The van der Waals surface area contributed by atoms with Gasteiger partial charge in [-0.25, -0.2) is 8.42 Å². The summed E-state index contributed by atoms with van der Waals surface area (Å²) >= 11 is 0. The molecular formula is C18H28ClN3O3S. The van der Waals surface area contributed by atoms with E-state index in [2.05, 4.69) is 0 Å². The number of piperidine rings is 1. The van der Waals surface area contributed by atoms with Crippen LogP contribution in [-0.2, 0) is 21.2 Å². The smallest absolute Gasteiger partial charge is 0.243 e. The van der Waals surface area contributed by atoms with Crippen molar-refractivity contribution in [2.45, 2.75) is 69.5 Å². The summed E-state index contributed by atoms with van der Waals surface area (Å²) in [5.41, 5.74) is 7.78. The van der Waals surface area contributed by atoms with Crippen molar-refractivity contribution in [1.29, 1.82) is 0 Å². The summed E-state index contributed by atoms with van der Waals surface area (Å²) in [6.45, 7) is 5.90. The van der Waals surface area contributed by atoms with Crippen molar-refractivity contribution in [2.75, 3.05) is 11.4 Å². The van der Waals surface area contributed by atoms with E-state index in [4.69, 9.17) is 5.73 Å². The summed E-state index contributed by atoms with van der Waals surface area (Å²) < 4.78 is 28.0. The number of hydrogen-bond donors (Lipinski definition) is 1. The molecule has 1 fully saturated rings. The van der Waals surface area contributed by atoms with E-state index in [-0.39, 0.29) is 36.4 Å². The molecule has 2 aliphatic rings. The fourth-order valence-electron chi connectivity index (χ4n) is 4.14. The van der Waals surface area contributed by atoms with Gasteiger partial charge in [0.05, 0.1) is 4.90 Å². The Kier molecular flexibility index (Phi) is 6.38. The highest BCUT2D eigenvalue weighted by Crippen LogP contribution is 2.35. The third-order valence-electron chi connectivity index (χ3n) is 5.32. The lowest BCUT2D eigenvalue weighted by atomic mass is 10.00. The number of benzene rings is 1. The number of carbonyl (C=O) groups is 1. The Bertz CT molecular complexity index is 782. The quantitative estimate of drug-likeness (QED) is 0.842. The molecule has 1 amide bonds. The zero-order valence-corrected chi connectivity index (χ0v) is 17.1. The fraction of sp³-hybridized carbons (Fsp3) is 0.611. The zero-order valence-electron chi connectivity index (χ0n) is 15.5. The normalized spacial score (nSPS) is 24.7. The molecule has 6 nitrogen and oxygen atoms in total. The van der Waals surface area contributed by atoms with Gasteiger partial charge < -0.3 is 10.6 Å². The minimum Gasteiger partial charge on any atom is -0.326 e. The molecule has 1 saturated heterocycles. The molecule has 26 heavy (non-hydrogen) atoms. The largest absolute Gasteiger partial charge is 0.326 e. The van der Waals surface area contributed by atoms with Crippen molar-refractivity contribution < 1.29 is 13.2 Å². The number of hydrogen-bond acceptors (Lipinski definition) is 4. The predicted molar refractivity (Wildman–Crippen MR) is 105 cm³/mol. The van der Waals surface area contributed by atoms with E-state index in [9.17, 15) is 13.2 Å². The first-order valence-corrected chi connectivity index (χ1v) is 10.4. The van der Waals surface area contributed by atoms with E-state index in [1.54, 1.807) is 27.4 Å². The second-order valence-corrected chi connectivity index (χ2v) is 9.16. The van der Waals surface area contributed by atoms with Crippen LogP contribution < -0.4 is 10.6 Å². The van der Waals surface area contributed by atoms with Gasteiger partial charge in [0, 0.05) is 37.3 Å². The van der Waals surface area contributed by atoms with E-state index in [1.165, 1.54) is 6.92 Å². The summed E-state index contributed by atoms with van der Waals surface area (Å²) in [6, 6.07) is 4.82. The van der Waals surface area contributed by atoms with E-state index in [0.29, 0.717) is 17.9 Å². The van der Waals surface area contributed by atoms with Crippen LogP contribution in [0.5, 0.6) is 0 Å². The van der Waals surface area contributed by atoms with Crippen molar-refractivity contribution >= 4 is 34.0 Å². The first kappa shape index (κ1) is 21.2. The van der Waals surface area contributed by atoms with Gasteiger partial charge in [0.25, 0.3) is 0 Å². The van der Waals surface area contributed by atoms with Gasteiger partial charge >= 0.3 is 0 Å². The molecule has 3 atom stereocenters. The molecule has 0 bridgehead atoms. The number of anilines is 1. The molecule has 2 N–H and O–H groups in total. The van der Waals surface area contributed by atoms with E-state index in [1.807, 2.05) is 13.8 Å². The van der Waals surface area contributed by atoms with Crippen LogP contribution in [0, 0.1) is 0 Å². The lowest BCUT2D eigenvalue weighted by molar-refractivity contribution is -0.116. The minimum atomic E-state index is -3.58. The first-order chi connectivity index (χ1) is 11.7. The van der Waals surface area contributed by atoms with Gasteiger partial charge in [-0.1, -0.05) is 6.42 Å². The molecule has 0 aromatic heterocycles. The Balaban J connectivity index is 0.00000243. The average Bonchev–Trinajstić information content (AvgIpc) is 2.89. The average molecular weight is 402 g/mol. The monoisotopic (exact) mass is 401 g/mol. The molecule has 1 aromatic carbocycles. The highest BCUT2D eigenvalue weighted by molar-refractivity contribution is 7.89. The molecule has 2 heterocycles. The molecule has 0 spiro atoms. The number of nitrogens with two attached hydrogens (primary N) is 1. The van der Waals surface area contributed by atoms with Crippen LogP contribution >= 0.6 is 12.4 Å². The number of rotatable bonds is 3. The second-order valence-electron chi connectivity index (χ2n) is 7.27. The summed E-state index contributed by atoms with van der Waals surface area (Å²) in [7, 11) is -3.58. The number of amides is 1. The zero-order chi connectivity index (χ0) is 18.4. The third kappa shape index (κ3) is 3.63. The van der Waals surface area contributed by atoms with Crippen molar-refractivity contribution in [2.24, 2.45) is 5.73 Å². The van der Waals surface area contributed by atoms with Crippen molar-refractivity contribution in [1.82, 2.24) is 4.31 Å². The van der Waals surface area contributed by atoms with E-state index >= 15 is 0 Å². The number of sulfonamides is 1. The van der Waals surface area contributed by atoms with Crippen molar-refractivity contribution in [3.63, 3.8) is 0 Å². The Morgan fingerprint density at radius 3 is 2.62 bits per heavy atom. The number of halogens is 1. The molecule has 3 unspecified atom stereocenters. The molecule has 3 rings (SSSR count). The van der Waals surface area contributed by atoms with Gasteiger partial charge in [0.15, 0.2) is 0 Å². The van der Waals surface area contributed by atoms with Crippen LogP contribution in [0.4, 0.5) is 5.69 Å². The van der Waals surface area contributed by atoms with Crippen molar-refractivity contribution in [3.8, 4) is 0 Å². The molecule has 0 aliphatic carbocycles. The van der Waals surface area contributed by atoms with Gasteiger partial charge in [-0.05, 0) is 56.9 Å². The molecular weight excluding hydrogens is 374 g/mol. The Labute approximate surface area is 162 Å². The number of nitrogens with zero attached hydrogens (tertiary/aromatic N) is 2. The predicted octanol–water partition coefficient (Wildman–Crippen LogP) is 2.30. The van der Waals surface area contributed by atoms with Gasteiger partial charge in [-0.3, -0.25) is 4.79 Å². The number of carbonyl (C=O) groups excluding carboxylic acids is 1. The van der Waals surface area contributed by atoms with Crippen LogP contribution in [-0.4, -0.2) is 43.3 Å². The van der Waals surface area contributed by atoms with Gasteiger partial charge in [-0.15, -0.1) is 12.4 Å². The molecule has 146 valence electrons. The standard InChI is InChI=1S/C18H27N3O3S.ClH/c1-12-10-15-11-16(7-8-18(15)21(12)14(3)22)25(23,24)20-9-5-4-6-17(20)13(2)19;/h7-8,11-13,17H,4-6,9-10,19H2,1-3H3;1H.